The lowest BCUT2D eigenvalue weighted by Crippen LogP contribution is -2.38. The molecule has 1 unspecified atom stereocenters. The number of allylic oxidation sites excluding steroid dienone is 1. The topological polar surface area (TPSA) is 64.8 Å². The van der Waals surface area contributed by atoms with Gasteiger partial charge in [0.25, 0.3) is 0 Å². The molecule has 0 aromatic carbocycles. The van der Waals surface area contributed by atoms with Crippen molar-refractivity contribution >= 4 is 6.09 Å². The van der Waals surface area contributed by atoms with Gasteiger partial charge in [0.2, 0.25) is 0 Å². The van der Waals surface area contributed by atoms with E-state index in [-0.39, 0.29) is 18.2 Å². The van der Waals surface area contributed by atoms with Gasteiger partial charge in [-0.25, -0.2) is 4.79 Å². The minimum Gasteiger partial charge on any atom is -0.443 e. The third-order valence-electron chi connectivity index (χ3n) is 2.83. The highest BCUT2D eigenvalue weighted by atomic mass is 16.6. The molecule has 0 aliphatic heterocycles. The van der Waals surface area contributed by atoms with Crippen LogP contribution in [0, 0.1) is 0 Å². The first-order valence-corrected chi connectivity index (χ1v) is 7.05. The smallest absolute Gasteiger partial charge is 0.414 e. The number of rotatable bonds is 3. The number of hydrogen-bond donors (Lipinski definition) is 1. The molecule has 118 valence electrons. The van der Waals surface area contributed by atoms with Crippen LogP contribution in [0.15, 0.2) is 35.7 Å². The van der Waals surface area contributed by atoms with E-state index in [0.29, 0.717) is 5.70 Å². The molecule has 1 aliphatic carbocycles. The third-order valence-corrected chi connectivity index (χ3v) is 2.83. The van der Waals surface area contributed by atoms with Crippen molar-refractivity contribution in [3.63, 3.8) is 0 Å². The number of ether oxygens (including phenoxy) is 2. The Labute approximate surface area is 127 Å². The summed E-state index contributed by atoms with van der Waals surface area (Å²) in [6.45, 7) is 9.38. The van der Waals surface area contributed by atoms with Crippen molar-refractivity contribution in [2.24, 2.45) is 5.73 Å². The molecule has 1 amide bonds. The maximum absolute atomic E-state index is 12.3. The zero-order chi connectivity index (χ0) is 16.2. The second-order valence-corrected chi connectivity index (χ2v) is 6.27. The van der Waals surface area contributed by atoms with E-state index in [9.17, 15) is 4.79 Å². The molecular formula is C16H26N2O3. The Morgan fingerprint density at radius 1 is 1.43 bits per heavy atom. The van der Waals surface area contributed by atoms with Gasteiger partial charge in [0, 0.05) is 30.6 Å². The highest BCUT2D eigenvalue weighted by molar-refractivity contribution is 5.70. The number of carbonyl (C=O) groups is 1. The largest absolute Gasteiger partial charge is 0.443 e. The minimum atomic E-state index is -0.537. The molecule has 0 spiro atoms. The van der Waals surface area contributed by atoms with E-state index >= 15 is 0 Å². The number of amides is 1. The number of methoxy groups -OCH3 is 1. The maximum Gasteiger partial charge on any atom is 0.414 e. The summed E-state index contributed by atoms with van der Waals surface area (Å²) < 4.78 is 10.8. The summed E-state index contributed by atoms with van der Waals surface area (Å²) >= 11 is 0. The van der Waals surface area contributed by atoms with E-state index in [0.717, 1.165) is 5.57 Å². The quantitative estimate of drug-likeness (QED) is 0.869. The van der Waals surface area contributed by atoms with Gasteiger partial charge in [0.1, 0.15) is 11.7 Å². The highest BCUT2D eigenvalue weighted by Crippen LogP contribution is 2.20. The standard InChI is InChI=1S/C16H26N2O3/c1-11(2)18(15(19)21-16(3,4)5)10-12-9-13(17)7-8-14(12)20-6/h7-11,14H,17H2,1-6H3. The monoisotopic (exact) mass is 294 g/mol. The molecule has 0 radical (unpaired) electrons. The molecule has 0 aromatic heterocycles. The Bertz CT molecular complexity index is 470. The Kier molecular flexibility index (Phi) is 5.61. The van der Waals surface area contributed by atoms with Crippen LogP contribution in [0.5, 0.6) is 0 Å². The summed E-state index contributed by atoms with van der Waals surface area (Å²) in [5.74, 6) is 0. The normalized spacial score (nSPS) is 20.6. The molecule has 1 rings (SSSR count). The van der Waals surface area contributed by atoms with Crippen LogP contribution in [0.4, 0.5) is 4.79 Å². The Morgan fingerprint density at radius 3 is 2.52 bits per heavy atom. The van der Waals surface area contributed by atoms with Crippen molar-refractivity contribution in [1.82, 2.24) is 4.90 Å². The number of nitrogens with zero attached hydrogens (tertiary/aromatic N) is 1. The summed E-state index contributed by atoms with van der Waals surface area (Å²) in [4.78, 5) is 13.9. The van der Waals surface area contributed by atoms with Crippen LogP contribution in [0.3, 0.4) is 0 Å². The lowest BCUT2D eigenvalue weighted by atomic mass is 10.0. The van der Waals surface area contributed by atoms with Crippen LogP contribution in [0.2, 0.25) is 0 Å². The molecule has 0 fully saturated rings. The van der Waals surface area contributed by atoms with Gasteiger partial charge in [-0.3, -0.25) is 4.90 Å². The molecule has 0 aromatic rings. The van der Waals surface area contributed by atoms with Gasteiger partial charge in [-0.2, -0.15) is 0 Å². The maximum atomic E-state index is 12.3. The Morgan fingerprint density at radius 2 is 2.05 bits per heavy atom. The zero-order valence-electron chi connectivity index (χ0n) is 13.7. The molecule has 0 heterocycles. The van der Waals surface area contributed by atoms with E-state index < -0.39 is 5.60 Å². The van der Waals surface area contributed by atoms with E-state index in [1.807, 2.05) is 40.7 Å². The zero-order valence-corrected chi connectivity index (χ0v) is 13.7. The number of hydrogen-bond acceptors (Lipinski definition) is 4. The predicted molar refractivity (Wildman–Crippen MR) is 83.5 cm³/mol. The van der Waals surface area contributed by atoms with E-state index in [4.69, 9.17) is 15.2 Å². The van der Waals surface area contributed by atoms with Crippen LogP contribution >= 0.6 is 0 Å². The van der Waals surface area contributed by atoms with Crippen LogP contribution in [0.1, 0.15) is 34.6 Å². The Hall–Kier alpha value is -1.75. The fourth-order valence-electron chi connectivity index (χ4n) is 1.85. The summed E-state index contributed by atoms with van der Waals surface area (Å²) in [5.41, 5.74) is 6.72. The van der Waals surface area contributed by atoms with Crippen molar-refractivity contribution in [2.45, 2.75) is 52.4 Å². The van der Waals surface area contributed by atoms with Crippen molar-refractivity contribution in [1.29, 1.82) is 0 Å². The Balaban J connectivity index is 3.03. The van der Waals surface area contributed by atoms with Crippen LogP contribution < -0.4 is 5.73 Å². The van der Waals surface area contributed by atoms with Crippen LogP contribution in [0.25, 0.3) is 0 Å². The summed E-state index contributed by atoms with van der Waals surface area (Å²) in [6, 6.07) is -0.0367. The molecule has 5 heteroatoms. The molecule has 0 bridgehead atoms. The average molecular weight is 294 g/mol. The first-order chi connectivity index (χ1) is 9.64. The van der Waals surface area contributed by atoms with Crippen molar-refractivity contribution in [2.75, 3.05) is 7.11 Å². The fraction of sp³-hybridized carbons (Fsp3) is 0.562. The van der Waals surface area contributed by atoms with Crippen molar-refractivity contribution in [3.05, 3.63) is 35.7 Å². The second kappa shape index (κ2) is 6.80. The van der Waals surface area contributed by atoms with Gasteiger partial charge in [0.15, 0.2) is 0 Å². The molecule has 2 N–H and O–H groups in total. The molecule has 1 aliphatic rings. The fourth-order valence-corrected chi connectivity index (χ4v) is 1.85. The summed E-state index contributed by atoms with van der Waals surface area (Å²) in [7, 11) is 1.62. The van der Waals surface area contributed by atoms with Crippen LogP contribution in [-0.4, -0.2) is 35.8 Å². The highest BCUT2D eigenvalue weighted by Gasteiger charge is 2.24. The van der Waals surface area contributed by atoms with Gasteiger partial charge in [0.05, 0.1) is 0 Å². The second-order valence-electron chi connectivity index (χ2n) is 6.27. The van der Waals surface area contributed by atoms with Gasteiger partial charge >= 0.3 is 6.09 Å². The number of nitrogens with two attached hydrogens (primary N) is 1. The first-order valence-electron chi connectivity index (χ1n) is 7.05. The van der Waals surface area contributed by atoms with Crippen molar-refractivity contribution in [3.8, 4) is 0 Å². The molecular weight excluding hydrogens is 268 g/mol. The average Bonchev–Trinajstić information content (AvgIpc) is 2.33. The number of carbonyl (C=O) groups excluding carboxylic acids is 1. The predicted octanol–water partition coefficient (Wildman–Crippen LogP) is 2.94. The van der Waals surface area contributed by atoms with Crippen LogP contribution in [-0.2, 0) is 9.47 Å². The van der Waals surface area contributed by atoms with Gasteiger partial charge in [-0.15, -0.1) is 0 Å². The lowest BCUT2D eigenvalue weighted by molar-refractivity contribution is 0.0287. The molecule has 0 saturated carbocycles. The SMILES string of the molecule is COC1C=CC(N)=CC1=CN(C(=O)OC(C)(C)C)C(C)C. The third kappa shape index (κ3) is 5.27. The molecule has 1 atom stereocenters. The first kappa shape index (κ1) is 17.3. The summed E-state index contributed by atoms with van der Waals surface area (Å²) in [6.07, 6.45) is 6.58. The molecule has 5 nitrogen and oxygen atoms in total. The summed E-state index contributed by atoms with van der Waals surface area (Å²) in [5, 5.41) is 0. The van der Waals surface area contributed by atoms with Gasteiger partial charge < -0.3 is 15.2 Å². The van der Waals surface area contributed by atoms with E-state index in [1.165, 1.54) is 0 Å². The van der Waals surface area contributed by atoms with E-state index in [1.54, 1.807) is 30.4 Å². The van der Waals surface area contributed by atoms with Crippen molar-refractivity contribution < 1.29 is 14.3 Å². The lowest BCUT2D eigenvalue weighted by Gasteiger charge is -2.29. The minimum absolute atomic E-state index is 0.0367. The molecule has 21 heavy (non-hydrogen) atoms. The van der Waals surface area contributed by atoms with Gasteiger partial charge in [-0.1, -0.05) is 0 Å². The van der Waals surface area contributed by atoms with E-state index in [2.05, 4.69) is 0 Å². The van der Waals surface area contributed by atoms with Gasteiger partial charge in [-0.05, 0) is 52.8 Å². The molecule has 0 saturated heterocycles.